The maximum absolute atomic E-state index is 5.86. The standard InChI is InChI=1S/C14H20N2/c1-11-2-4-12(5-3-11)7-16-8-13-6-14(13,9-15)10-16/h2-5,13H,6-10,15H2,1H3/t13-,14+/m0/s1. The topological polar surface area (TPSA) is 29.3 Å². The number of hydrogen-bond acceptors (Lipinski definition) is 2. The third kappa shape index (κ3) is 1.66. The first-order valence-corrected chi connectivity index (χ1v) is 6.20. The van der Waals surface area contributed by atoms with Crippen molar-refractivity contribution < 1.29 is 0 Å². The first kappa shape index (κ1) is 10.3. The normalized spacial score (nSPS) is 32.8. The van der Waals surface area contributed by atoms with Crippen molar-refractivity contribution in [1.29, 1.82) is 0 Å². The molecule has 3 rings (SSSR count). The van der Waals surface area contributed by atoms with Crippen LogP contribution < -0.4 is 5.73 Å². The van der Waals surface area contributed by atoms with Gasteiger partial charge in [-0.3, -0.25) is 4.90 Å². The summed E-state index contributed by atoms with van der Waals surface area (Å²) < 4.78 is 0. The highest BCUT2D eigenvalue weighted by Gasteiger charge is 2.58. The van der Waals surface area contributed by atoms with Gasteiger partial charge in [-0.15, -0.1) is 0 Å². The molecule has 0 unspecified atom stereocenters. The van der Waals surface area contributed by atoms with E-state index in [1.54, 1.807) is 0 Å². The van der Waals surface area contributed by atoms with Crippen molar-refractivity contribution in [1.82, 2.24) is 4.90 Å². The van der Waals surface area contributed by atoms with Gasteiger partial charge in [-0.05, 0) is 36.8 Å². The highest BCUT2D eigenvalue weighted by atomic mass is 15.2. The average molecular weight is 216 g/mol. The van der Waals surface area contributed by atoms with Crippen molar-refractivity contribution in [2.45, 2.75) is 19.9 Å². The van der Waals surface area contributed by atoms with E-state index in [4.69, 9.17) is 5.73 Å². The van der Waals surface area contributed by atoms with Gasteiger partial charge in [-0.1, -0.05) is 29.8 Å². The number of likely N-dealkylation sites (tertiary alicyclic amines) is 1. The Morgan fingerprint density at radius 2 is 2.12 bits per heavy atom. The molecule has 0 aromatic heterocycles. The Kier molecular flexibility index (Phi) is 2.30. The average Bonchev–Trinajstić information content (AvgIpc) is 2.86. The molecular formula is C14H20N2. The zero-order chi connectivity index (χ0) is 11.2. The second-order valence-electron chi connectivity index (χ2n) is 5.62. The van der Waals surface area contributed by atoms with E-state index in [2.05, 4.69) is 36.1 Å². The minimum Gasteiger partial charge on any atom is -0.330 e. The van der Waals surface area contributed by atoms with Gasteiger partial charge >= 0.3 is 0 Å². The van der Waals surface area contributed by atoms with Gasteiger partial charge in [-0.2, -0.15) is 0 Å². The van der Waals surface area contributed by atoms with Crippen LogP contribution in [0.25, 0.3) is 0 Å². The Bertz CT molecular complexity index is 380. The van der Waals surface area contributed by atoms with Gasteiger partial charge in [0.2, 0.25) is 0 Å². The Morgan fingerprint density at radius 3 is 2.75 bits per heavy atom. The number of benzene rings is 1. The number of fused-ring (bicyclic) bond motifs is 1. The first-order valence-electron chi connectivity index (χ1n) is 6.20. The molecule has 1 aliphatic carbocycles. The quantitative estimate of drug-likeness (QED) is 0.834. The van der Waals surface area contributed by atoms with Crippen LogP contribution in [0.4, 0.5) is 0 Å². The maximum Gasteiger partial charge on any atom is 0.0234 e. The molecule has 1 heterocycles. The van der Waals surface area contributed by atoms with E-state index in [1.165, 1.54) is 30.6 Å². The number of nitrogens with two attached hydrogens (primary N) is 1. The third-order valence-corrected chi connectivity index (χ3v) is 4.31. The molecule has 0 amide bonds. The fourth-order valence-electron chi connectivity index (χ4n) is 3.09. The molecule has 0 bridgehead atoms. The molecule has 2 heteroatoms. The summed E-state index contributed by atoms with van der Waals surface area (Å²) in [7, 11) is 0. The van der Waals surface area contributed by atoms with Gasteiger partial charge in [0, 0.05) is 19.6 Å². The zero-order valence-electron chi connectivity index (χ0n) is 9.95. The minimum absolute atomic E-state index is 0.505. The predicted octanol–water partition coefficient (Wildman–Crippen LogP) is 1.78. The second-order valence-corrected chi connectivity index (χ2v) is 5.62. The molecule has 0 spiro atoms. The number of rotatable bonds is 3. The van der Waals surface area contributed by atoms with Crippen LogP contribution in [0.3, 0.4) is 0 Å². The Balaban J connectivity index is 1.63. The molecule has 0 radical (unpaired) electrons. The molecule has 2 N–H and O–H groups in total. The second kappa shape index (κ2) is 3.57. The van der Waals surface area contributed by atoms with Crippen LogP contribution >= 0.6 is 0 Å². The van der Waals surface area contributed by atoms with Gasteiger partial charge in [0.05, 0.1) is 0 Å². The van der Waals surface area contributed by atoms with E-state index in [1.807, 2.05) is 0 Å². The summed E-state index contributed by atoms with van der Waals surface area (Å²) in [6.45, 7) is 6.58. The molecule has 2 atom stereocenters. The Morgan fingerprint density at radius 1 is 1.38 bits per heavy atom. The molecule has 1 aromatic carbocycles. The summed E-state index contributed by atoms with van der Waals surface area (Å²) in [6, 6.07) is 8.89. The van der Waals surface area contributed by atoms with Gasteiger partial charge in [0.25, 0.3) is 0 Å². The van der Waals surface area contributed by atoms with Crippen molar-refractivity contribution in [3.8, 4) is 0 Å². The van der Waals surface area contributed by atoms with E-state index in [0.717, 1.165) is 19.0 Å². The number of hydrogen-bond donors (Lipinski definition) is 1. The van der Waals surface area contributed by atoms with Crippen LogP contribution in [0, 0.1) is 18.3 Å². The van der Waals surface area contributed by atoms with Gasteiger partial charge in [0.15, 0.2) is 0 Å². The van der Waals surface area contributed by atoms with Gasteiger partial charge in [0.1, 0.15) is 0 Å². The lowest BCUT2D eigenvalue weighted by Gasteiger charge is -2.20. The highest BCUT2D eigenvalue weighted by molar-refractivity contribution is 5.22. The van der Waals surface area contributed by atoms with Crippen LogP contribution in [0.2, 0.25) is 0 Å². The molecule has 1 saturated heterocycles. The fraction of sp³-hybridized carbons (Fsp3) is 0.571. The van der Waals surface area contributed by atoms with Gasteiger partial charge < -0.3 is 5.73 Å². The molecule has 86 valence electrons. The van der Waals surface area contributed by atoms with E-state index in [9.17, 15) is 0 Å². The molecule has 2 nitrogen and oxygen atoms in total. The minimum atomic E-state index is 0.505. The molecule has 2 fully saturated rings. The lowest BCUT2D eigenvalue weighted by atomic mass is 10.1. The number of nitrogens with zero attached hydrogens (tertiary/aromatic N) is 1. The fourth-order valence-corrected chi connectivity index (χ4v) is 3.09. The van der Waals surface area contributed by atoms with Crippen molar-refractivity contribution in [3.05, 3.63) is 35.4 Å². The Labute approximate surface area is 97.4 Å². The lowest BCUT2D eigenvalue weighted by Crippen LogP contribution is -2.28. The number of aryl methyl sites for hydroxylation is 1. The Hall–Kier alpha value is -0.860. The van der Waals surface area contributed by atoms with Crippen LogP contribution in [0.1, 0.15) is 17.5 Å². The highest BCUT2D eigenvalue weighted by Crippen LogP contribution is 2.57. The van der Waals surface area contributed by atoms with Crippen molar-refractivity contribution >= 4 is 0 Å². The summed E-state index contributed by atoms with van der Waals surface area (Å²) >= 11 is 0. The van der Waals surface area contributed by atoms with E-state index < -0.39 is 0 Å². The van der Waals surface area contributed by atoms with E-state index in [0.29, 0.717) is 5.41 Å². The summed E-state index contributed by atoms with van der Waals surface area (Å²) in [5, 5.41) is 0. The van der Waals surface area contributed by atoms with Crippen LogP contribution in [-0.2, 0) is 6.54 Å². The predicted molar refractivity (Wildman–Crippen MR) is 66.1 cm³/mol. The van der Waals surface area contributed by atoms with Crippen molar-refractivity contribution in [2.24, 2.45) is 17.1 Å². The smallest absolute Gasteiger partial charge is 0.0234 e. The van der Waals surface area contributed by atoms with Crippen molar-refractivity contribution in [3.63, 3.8) is 0 Å². The SMILES string of the molecule is Cc1ccc(CN2C[C@@H]3C[C@@]3(CN)C2)cc1. The van der Waals surface area contributed by atoms with E-state index >= 15 is 0 Å². The lowest BCUT2D eigenvalue weighted by molar-refractivity contribution is 0.274. The molecular weight excluding hydrogens is 196 g/mol. The summed E-state index contributed by atoms with van der Waals surface area (Å²) in [6.07, 6.45) is 1.37. The summed E-state index contributed by atoms with van der Waals surface area (Å²) in [5.74, 6) is 0.892. The van der Waals surface area contributed by atoms with Crippen molar-refractivity contribution in [2.75, 3.05) is 19.6 Å². The molecule has 2 aliphatic rings. The van der Waals surface area contributed by atoms with Crippen LogP contribution in [0.5, 0.6) is 0 Å². The maximum atomic E-state index is 5.86. The summed E-state index contributed by atoms with van der Waals surface area (Å²) in [4.78, 5) is 2.56. The van der Waals surface area contributed by atoms with Crippen LogP contribution in [-0.4, -0.2) is 24.5 Å². The monoisotopic (exact) mass is 216 g/mol. The number of piperidine rings is 1. The molecule has 16 heavy (non-hydrogen) atoms. The summed E-state index contributed by atoms with van der Waals surface area (Å²) in [5.41, 5.74) is 9.13. The molecule has 1 aromatic rings. The first-order chi connectivity index (χ1) is 7.72. The molecule has 1 saturated carbocycles. The molecule has 1 aliphatic heterocycles. The van der Waals surface area contributed by atoms with Gasteiger partial charge in [-0.25, -0.2) is 0 Å². The third-order valence-electron chi connectivity index (χ3n) is 4.31. The van der Waals surface area contributed by atoms with E-state index in [-0.39, 0.29) is 0 Å². The van der Waals surface area contributed by atoms with Crippen LogP contribution in [0.15, 0.2) is 24.3 Å². The zero-order valence-corrected chi connectivity index (χ0v) is 9.95. The largest absolute Gasteiger partial charge is 0.330 e.